The van der Waals surface area contributed by atoms with Gasteiger partial charge < -0.3 is 15.4 Å². The molecule has 1 atom stereocenters. The number of anilines is 2. The number of fused-ring (bicyclic) bond motifs is 1. The molecule has 2 N–H and O–H groups in total. The Balaban J connectivity index is 1.64. The van der Waals surface area contributed by atoms with Crippen LogP contribution in [0.15, 0.2) is 48.5 Å². The number of hydrogen-bond donors (Lipinski definition) is 2. The number of hydrogen-bond acceptors (Lipinski definition) is 6. The average Bonchev–Trinajstić information content (AvgIpc) is 2.79. The number of benzene rings is 2. The van der Waals surface area contributed by atoms with Crippen LogP contribution in [0.3, 0.4) is 0 Å². The number of carbonyl (C=O) groups is 4. The van der Waals surface area contributed by atoms with Crippen LogP contribution in [-0.4, -0.2) is 54.9 Å². The number of rotatable bonds is 8. The van der Waals surface area contributed by atoms with E-state index in [0.29, 0.717) is 29.1 Å². The van der Waals surface area contributed by atoms with Crippen LogP contribution in [0.4, 0.5) is 11.4 Å². The zero-order valence-corrected chi connectivity index (χ0v) is 18.7. The van der Waals surface area contributed by atoms with E-state index in [4.69, 9.17) is 4.74 Å². The highest BCUT2D eigenvalue weighted by molar-refractivity contribution is 7.98. The minimum Gasteiger partial charge on any atom is -0.454 e. The Morgan fingerprint density at radius 3 is 2.72 bits per heavy atom. The van der Waals surface area contributed by atoms with Crippen LogP contribution in [0, 0.1) is 6.92 Å². The van der Waals surface area contributed by atoms with Crippen LogP contribution >= 0.6 is 11.8 Å². The lowest BCUT2D eigenvalue weighted by Crippen LogP contribution is -2.46. The third kappa shape index (κ3) is 5.88. The Bertz CT molecular complexity index is 1030. The molecule has 3 rings (SSSR count). The lowest BCUT2D eigenvalue weighted by molar-refractivity contribution is -0.149. The average molecular weight is 456 g/mol. The Morgan fingerprint density at radius 1 is 1.19 bits per heavy atom. The predicted molar refractivity (Wildman–Crippen MR) is 124 cm³/mol. The Hall–Kier alpha value is -3.33. The van der Waals surface area contributed by atoms with Gasteiger partial charge in [0.05, 0.1) is 11.4 Å². The molecule has 1 aliphatic heterocycles. The van der Waals surface area contributed by atoms with Crippen molar-refractivity contribution in [2.75, 3.05) is 35.4 Å². The normalized spacial score (nSPS) is 13.6. The molecule has 0 radical (unpaired) electrons. The number of carbonyl (C=O) groups excluding carboxylic acids is 4. The third-order valence-corrected chi connectivity index (χ3v) is 5.53. The molecular formula is C23H25N3O5S. The van der Waals surface area contributed by atoms with Gasteiger partial charge in [-0.1, -0.05) is 29.8 Å². The quantitative estimate of drug-likeness (QED) is 0.592. The van der Waals surface area contributed by atoms with Gasteiger partial charge in [-0.05, 0) is 49.6 Å². The van der Waals surface area contributed by atoms with Crippen molar-refractivity contribution < 1.29 is 23.9 Å². The molecule has 168 valence electrons. The van der Waals surface area contributed by atoms with Crippen molar-refractivity contribution in [3.8, 4) is 0 Å². The van der Waals surface area contributed by atoms with Crippen LogP contribution in [-0.2, 0) is 19.1 Å². The van der Waals surface area contributed by atoms with Crippen molar-refractivity contribution >= 4 is 46.8 Å². The van der Waals surface area contributed by atoms with Gasteiger partial charge in [-0.3, -0.25) is 19.3 Å². The highest BCUT2D eigenvalue weighted by Gasteiger charge is 2.29. The smallest absolute Gasteiger partial charge is 0.329 e. The van der Waals surface area contributed by atoms with Crippen molar-refractivity contribution in [3.05, 3.63) is 59.7 Å². The standard InChI is InChI=1S/C23H25N3O5S/c1-15-6-5-7-16(12-15)22(29)25-18(10-11-32-2)23(30)31-14-21(28)26-13-20(27)24-17-8-3-4-9-19(17)26/h3-9,12,18H,10-11,13-14H2,1-2H3,(H,24,27)(H,25,29). The van der Waals surface area contributed by atoms with E-state index in [9.17, 15) is 19.2 Å². The second-order valence-electron chi connectivity index (χ2n) is 7.33. The molecule has 0 saturated heterocycles. The van der Waals surface area contributed by atoms with Gasteiger partial charge in [-0.2, -0.15) is 11.8 Å². The molecule has 2 aromatic carbocycles. The number of ether oxygens (including phenoxy) is 1. The van der Waals surface area contributed by atoms with Crippen molar-refractivity contribution in [3.63, 3.8) is 0 Å². The Kier molecular flexibility index (Phi) is 7.88. The molecule has 0 saturated carbocycles. The Labute approximate surface area is 190 Å². The molecule has 9 heteroatoms. The summed E-state index contributed by atoms with van der Waals surface area (Å²) in [5.41, 5.74) is 2.43. The van der Waals surface area contributed by atoms with Gasteiger partial charge in [-0.25, -0.2) is 4.79 Å². The summed E-state index contributed by atoms with van der Waals surface area (Å²) in [7, 11) is 0. The van der Waals surface area contributed by atoms with E-state index in [0.717, 1.165) is 5.56 Å². The summed E-state index contributed by atoms with van der Waals surface area (Å²) in [5, 5.41) is 5.41. The van der Waals surface area contributed by atoms with Gasteiger partial charge >= 0.3 is 5.97 Å². The second kappa shape index (κ2) is 10.8. The van der Waals surface area contributed by atoms with Crippen molar-refractivity contribution in [2.24, 2.45) is 0 Å². The second-order valence-corrected chi connectivity index (χ2v) is 8.32. The van der Waals surface area contributed by atoms with Crippen molar-refractivity contribution in [2.45, 2.75) is 19.4 Å². The number of amides is 3. The van der Waals surface area contributed by atoms with Crippen LogP contribution < -0.4 is 15.5 Å². The molecule has 32 heavy (non-hydrogen) atoms. The summed E-state index contributed by atoms with van der Waals surface area (Å²) in [6.45, 7) is 1.19. The first-order valence-electron chi connectivity index (χ1n) is 10.1. The lowest BCUT2D eigenvalue weighted by atomic mass is 10.1. The summed E-state index contributed by atoms with van der Waals surface area (Å²) in [6, 6.07) is 13.1. The fourth-order valence-electron chi connectivity index (χ4n) is 3.28. The molecule has 2 aromatic rings. The number of nitrogens with zero attached hydrogens (tertiary/aromatic N) is 1. The van der Waals surface area contributed by atoms with Crippen molar-refractivity contribution in [1.29, 1.82) is 0 Å². The lowest BCUT2D eigenvalue weighted by Gasteiger charge is -2.29. The Morgan fingerprint density at radius 2 is 1.97 bits per heavy atom. The zero-order valence-electron chi connectivity index (χ0n) is 17.9. The van der Waals surface area contributed by atoms with Gasteiger partial charge in [0.15, 0.2) is 6.61 Å². The molecule has 0 aromatic heterocycles. The molecule has 1 aliphatic rings. The third-order valence-electron chi connectivity index (χ3n) is 4.89. The van der Waals surface area contributed by atoms with E-state index in [2.05, 4.69) is 10.6 Å². The van der Waals surface area contributed by atoms with E-state index < -0.39 is 24.5 Å². The highest BCUT2D eigenvalue weighted by atomic mass is 32.2. The molecule has 0 aliphatic carbocycles. The summed E-state index contributed by atoms with van der Waals surface area (Å²) >= 11 is 1.53. The number of esters is 1. The van der Waals surface area contributed by atoms with Crippen LogP contribution in [0.5, 0.6) is 0 Å². The maximum absolute atomic E-state index is 12.7. The number of aryl methyl sites for hydroxylation is 1. The maximum atomic E-state index is 12.7. The molecule has 1 heterocycles. The highest BCUT2D eigenvalue weighted by Crippen LogP contribution is 2.28. The van der Waals surface area contributed by atoms with E-state index in [-0.39, 0.29) is 18.4 Å². The summed E-state index contributed by atoms with van der Waals surface area (Å²) in [5.74, 6) is -1.30. The summed E-state index contributed by atoms with van der Waals surface area (Å²) in [6.07, 6.45) is 2.26. The predicted octanol–water partition coefficient (Wildman–Crippen LogP) is 2.38. The summed E-state index contributed by atoms with van der Waals surface area (Å²) < 4.78 is 5.24. The minimum absolute atomic E-state index is 0.159. The molecular weight excluding hydrogens is 430 g/mol. The van der Waals surface area contributed by atoms with Gasteiger partial charge in [0.25, 0.3) is 11.8 Å². The fourth-order valence-corrected chi connectivity index (χ4v) is 3.75. The molecule has 0 spiro atoms. The van der Waals surface area contributed by atoms with E-state index in [1.54, 1.807) is 42.5 Å². The van der Waals surface area contributed by atoms with Gasteiger partial charge in [-0.15, -0.1) is 0 Å². The fraction of sp³-hybridized carbons (Fsp3) is 0.304. The first-order chi connectivity index (χ1) is 15.4. The molecule has 8 nitrogen and oxygen atoms in total. The van der Waals surface area contributed by atoms with Crippen LogP contribution in [0.25, 0.3) is 0 Å². The summed E-state index contributed by atoms with van der Waals surface area (Å²) in [4.78, 5) is 51.2. The number of para-hydroxylation sites is 2. The topological polar surface area (TPSA) is 105 Å². The van der Waals surface area contributed by atoms with Crippen molar-refractivity contribution in [1.82, 2.24) is 5.32 Å². The van der Waals surface area contributed by atoms with Crippen LogP contribution in [0.1, 0.15) is 22.3 Å². The molecule has 0 fully saturated rings. The first kappa shape index (κ1) is 23.3. The maximum Gasteiger partial charge on any atom is 0.329 e. The molecule has 0 bridgehead atoms. The molecule has 3 amide bonds. The SMILES string of the molecule is CSCCC(NC(=O)c1cccc(C)c1)C(=O)OCC(=O)N1CC(=O)Nc2ccccc21. The van der Waals surface area contributed by atoms with E-state index >= 15 is 0 Å². The largest absolute Gasteiger partial charge is 0.454 e. The van der Waals surface area contributed by atoms with Gasteiger partial charge in [0.1, 0.15) is 12.6 Å². The monoisotopic (exact) mass is 455 g/mol. The van der Waals surface area contributed by atoms with E-state index in [1.165, 1.54) is 16.7 Å². The van der Waals surface area contributed by atoms with Gasteiger partial charge in [0.2, 0.25) is 5.91 Å². The van der Waals surface area contributed by atoms with E-state index in [1.807, 2.05) is 19.2 Å². The number of nitrogens with one attached hydrogen (secondary N) is 2. The minimum atomic E-state index is -0.889. The van der Waals surface area contributed by atoms with Gasteiger partial charge in [0, 0.05) is 5.56 Å². The first-order valence-corrected chi connectivity index (χ1v) is 11.5. The zero-order chi connectivity index (χ0) is 23.1. The molecule has 1 unspecified atom stereocenters. The van der Waals surface area contributed by atoms with Crippen LogP contribution in [0.2, 0.25) is 0 Å². The number of thioether (sulfide) groups is 1.